The first-order chi connectivity index (χ1) is 25.9. The smallest absolute Gasteiger partial charge is 0.410 e. The maximum atomic E-state index is 13.3. The number of amides is 2. The second-order valence-corrected chi connectivity index (χ2v) is 16.8. The Morgan fingerprint density at radius 1 is 1.00 bits per heavy atom. The Labute approximate surface area is 316 Å². The van der Waals surface area contributed by atoms with Gasteiger partial charge in [-0.05, 0) is 91.8 Å². The molecule has 8 rings (SSSR count). The highest BCUT2D eigenvalue weighted by Gasteiger charge is 2.40. The fraction of sp³-hybridized carbons (Fsp3) is 0.488. The number of carbonyl (C=O) groups is 2. The number of fused-ring (bicyclic) bond motifs is 6. The number of imidazole rings is 2. The van der Waals surface area contributed by atoms with E-state index >= 15 is 0 Å². The van der Waals surface area contributed by atoms with Crippen LogP contribution >= 0.6 is 0 Å². The Bertz CT molecular complexity index is 2220. The summed E-state index contributed by atoms with van der Waals surface area (Å²) in [6.07, 6.45) is 4.77. The van der Waals surface area contributed by atoms with Crippen molar-refractivity contribution in [2.24, 2.45) is 17.8 Å². The summed E-state index contributed by atoms with van der Waals surface area (Å²) in [5.41, 5.74) is 6.41. The number of nitrogens with one attached hydrogen (secondary N) is 2. The molecular weight excluding hydrogens is 681 g/mol. The minimum Gasteiger partial charge on any atom is -0.488 e. The molecule has 11 heteroatoms. The molecule has 11 nitrogen and oxygen atoms in total. The number of hydrogen-bond donors (Lipinski definition) is 2. The molecule has 284 valence electrons. The van der Waals surface area contributed by atoms with Gasteiger partial charge in [0.2, 0.25) is 5.91 Å². The molecule has 2 fully saturated rings. The molecule has 5 atom stereocenters. The third-order valence-electron chi connectivity index (χ3n) is 11.4. The van der Waals surface area contributed by atoms with E-state index < -0.39 is 5.60 Å². The lowest BCUT2D eigenvalue weighted by Crippen LogP contribution is -2.37. The van der Waals surface area contributed by atoms with E-state index in [0.717, 1.165) is 93.0 Å². The number of rotatable bonds is 8. The number of nitrogens with zero attached hydrogens (tertiary/aromatic N) is 4. The van der Waals surface area contributed by atoms with E-state index in [1.54, 1.807) is 12.0 Å². The molecule has 0 bridgehead atoms. The lowest BCUT2D eigenvalue weighted by molar-refractivity contribution is -0.133. The van der Waals surface area contributed by atoms with Crippen molar-refractivity contribution < 1.29 is 23.8 Å². The fourth-order valence-corrected chi connectivity index (χ4v) is 8.49. The predicted octanol–water partition coefficient (Wildman–Crippen LogP) is 8.96. The van der Waals surface area contributed by atoms with Crippen LogP contribution in [0.1, 0.15) is 96.5 Å². The van der Waals surface area contributed by atoms with Crippen molar-refractivity contribution in [3.8, 4) is 28.1 Å². The van der Waals surface area contributed by atoms with Crippen molar-refractivity contribution in [2.45, 2.75) is 91.5 Å². The van der Waals surface area contributed by atoms with Crippen LogP contribution in [0.3, 0.4) is 0 Å². The van der Waals surface area contributed by atoms with Gasteiger partial charge in [-0.1, -0.05) is 45.4 Å². The largest absolute Gasteiger partial charge is 0.488 e. The molecule has 2 N–H and O–H groups in total. The van der Waals surface area contributed by atoms with Crippen LogP contribution in [0.15, 0.2) is 48.7 Å². The zero-order chi connectivity index (χ0) is 37.9. The maximum absolute atomic E-state index is 13.3. The van der Waals surface area contributed by atoms with Crippen molar-refractivity contribution in [3.05, 3.63) is 65.9 Å². The third kappa shape index (κ3) is 6.83. The summed E-state index contributed by atoms with van der Waals surface area (Å²) in [4.78, 5) is 47.4. The quantitative estimate of drug-likeness (QED) is 0.163. The van der Waals surface area contributed by atoms with E-state index in [0.29, 0.717) is 38.0 Å². The average molecular weight is 733 g/mol. The van der Waals surface area contributed by atoms with Gasteiger partial charge in [-0.3, -0.25) is 9.69 Å². The summed E-state index contributed by atoms with van der Waals surface area (Å²) in [6, 6.07) is 14.7. The molecule has 2 aromatic heterocycles. The molecule has 5 heterocycles. The normalized spacial score (nSPS) is 21.7. The molecule has 0 radical (unpaired) electrons. The van der Waals surface area contributed by atoms with Gasteiger partial charge >= 0.3 is 6.09 Å². The molecule has 0 spiro atoms. The maximum Gasteiger partial charge on any atom is 0.410 e. The molecule has 0 aliphatic carbocycles. The zero-order valence-corrected chi connectivity index (χ0v) is 32.5. The summed E-state index contributed by atoms with van der Waals surface area (Å²) in [5.74, 6) is 3.62. The number of ether oxygens (including phenoxy) is 3. The minimum atomic E-state index is -0.599. The fourth-order valence-electron chi connectivity index (χ4n) is 8.49. The Kier molecular flexibility index (Phi) is 9.40. The van der Waals surface area contributed by atoms with Crippen LogP contribution < -0.4 is 4.74 Å². The van der Waals surface area contributed by atoms with E-state index in [-0.39, 0.29) is 30.0 Å². The van der Waals surface area contributed by atoms with Crippen LogP contribution in [0.2, 0.25) is 0 Å². The summed E-state index contributed by atoms with van der Waals surface area (Å²) < 4.78 is 17.7. The van der Waals surface area contributed by atoms with Gasteiger partial charge in [-0.25, -0.2) is 14.8 Å². The Morgan fingerprint density at radius 3 is 2.59 bits per heavy atom. The molecule has 2 amide bonds. The lowest BCUT2D eigenvalue weighted by Gasteiger charge is -2.27. The predicted molar refractivity (Wildman–Crippen MR) is 209 cm³/mol. The van der Waals surface area contributed by atoms with Crippen molar-refractivity contribution in [1.82, 2.24) is 29.7 Å². The van der Waals surface area contributed by atoms with Crippen molar-refractivity contribution in [1.29, 1.82) is 0 Å². The van der Waals surface area contributed by atoms with Gasteiger partial charge in [0.15, 0.2) is 0 Å². The van der Waals surface area contributed by atoms with Crippen molar-refractivity contribution in [3.63, 3.8) is 0 Å². The van der Waals surface area contributed by atoms with Crippen LogP contribution in [0.25, 0.3) is 44.2 Å². The summed E-state index contributed by atoms with van der Waals surface area (Å²) in [7, 11) is 1.69. The van der Waals surface area contributed by atoms with Gasteiger partial charge < -0.3 is 29.1 Å². The molecule has 5 aromatic rings. The van der Waals surface area contributed by atoms with Gasteiger partial charge in [0.05, 0.1) is 41.6 Å². The van der Waals surface area contributed by atoms with E-state index in [2.05, 4.69) is 73.2 Å². The second kappa shape index (κ2) is 14.1. The van der Waals surface area contributed by atoms with E-state index in [4.69, 9.17) is 24.2 Å². The number of H-pyrrole nitrogens is 2. The average Bonchev–Trinajstić information content (AvgIpc) is 3.95. The first-order valence-electron chi connectivity index (χ1n) is 19.4. The molecule has 3 aliphatic heterocycles. The Hall–Kier alpha value is -4.90. The first-order valence-corrected chi connectivity index (χ1v) is 19.4. The van der Waals surface area contributed by atoms with Gasteiger partial charge in [0.1, 0.15) is 29.6 Å². The van der Waals surface area contributed by atoms with Crippen LogP contribution in [0.4, 0.5) is 4.79 Å². The summed E-state index contributed by atoms with van der Waals surface area (Å²) >= 11 is 0. The highest BCUT2D eigenvalue weighted by molar-refractivity contribution is 6.07. The topological polar surface area (TPSA) is 126 Å². The highest BCUT2D eigenvalue weighted by atomic mass is 16.6. The van der Waals surface area contributed by atoms with Gasteiger partial charge in [0, 0.05) is 43.5 Å². The van der Waals surface area contributed by atoms with E-state index in [1.807, 2.05) is 31.9 Å². The molecular formula is C43H52N6O5. The number of methoxy groups -OCH3 is 1. The van der Waals surface area contributed by atoms with E-state index in [9.17, 15) is 9.59 Å². The van der Waals surface area contributed by atoms with Crippen LogP contribution in [0, 0.1) is 17.8 Å². The Morgan fingerprint density at radius 2 is 1.81 bits per heavy atom. The van der Waals surface area contributed by atoms with Crippen molar-refractivity contribution >= 4 is 33.8 Å². The molecule has 0 saturated carbocycles. The van der Waals surface area contributed by atoms with Crippen LogP contribution in [0.5, 0.6) is 5.75 Å². The number of carbonyl (C=O) groups excluding carboxylic acids is 2. The van der Waals surface area contributed by atoms with E-state index in [1.165, 1.54) is 0 Å². The van der Waals surface area contributed by atoms with Crippen LogP contribution in [-0.4, -0.2) is 74.1 Å². The lowest BCUT2D eigenvalue weighted by atomic mass is 9.92. The standard InChI is InChI=1S/C43H52N6O5/c1-8-24(2)14-38(50)48-20-25(3)13-35(48)40-44-19-34(46-40)28-9-11-30-29(16-28)23-53-37-18-31-27(17-32(30)37)10-12-33-39(31)47-41(45-33)36-15-26(22-52-7)21-49(36)42(51)54-43(4,5)6/h9-12,16-19,24-26,35-36H,8,13-15,20-23H2,1-7H3,(H,44,46)(H,45,47)/t24?,25-,26?,35-,36-/m0/s1. The van der Waals surface area contributed by atoms with Gasteiger partial charge in [-0.2, -0.15) is 0 Å². The number of aromatic nitrogens is 4. The minimum absolute atomic E-state index is 0.0295. The summed E-state index contributed by atoms with van der Waals surface area (Å²) in [6.45, 7) is 14.5. The third-order valence-corrected chi connectivity index (χ3v) is 11.4. The SMILES string of the molecule is CCC(C)CC(=O)N1C[C@@H](C)C[C@H]1c1ncc(-c2ccc3c(c2)COc2cc4c(ccc5[nH]c([C@@H]6CC(COC)CN6C(=O)OC(C)(C)C)nc54)cc2-3)[nH]1. The molecule has 54 heavy (non-hydrogen) atoms. The number of benzene rings is 3. The summed E-state index contributed by atoms with van der Waals surface area (Å²) in [5, 5.41) is 2.05. The second-order valence-electron chi connectivity index (χ2n) is 16.8. The monoisotopic (exact) mass is 732 g/mol. The number of hydrogen-bond acceptors (Lipinski definition) is 7. The molecule has 3 aliphatic rings. The van der Waals surface area contributed by atoms with Crippen LogP contribution in [-0.2, 0) is 20.9 Å². The Balaban J connectivity index is 1.06. The highest BCUT2D eigenvalue weighted by Crippen LogP contribution is 2.44. The molecule has 2 saturated heterocycles. The van der Waals surface area contributed by atoms with Gasteiger partial charge in [0.25, 0.3) is 0 Å². The number of aromatic amines is 2. The molecule has 3 aromatic carbocycles. The zero-order valence-electron chi connectivity index (χ0n) is 32.5. The first kappa shape index (κ1) is 36.1. The number of likely N-dealkylation sites (tertiary alicyclic amines) is 2. The van der Waals surface area contributed by atoms with Gasteiger partial charge in [-0.15, -0.1) is 0 Å². The molecule has 2 unspecified atom stereocenters. The van der Waals surface area contributed by atoms with Crippen molar-refractivity contribution in [2.75, 3.05) is 26.8 Å².